The molecule has 1 aliphatic carbocycles. The Hall–Kier alpha value is -1.35. The lowest BCUT2D eigenvalue weighted by Crippen LogP contribution is -2.34. The fourth-order valence-electron chi connectivity index (χ4n) is 2.71. The van der Waals surface area contributed by atoms with Gasteiger partial charge in [0.1, 0.15) is 0 Å². The van der Waals surface area contributed by atoms with Crippen LogP contribution in [-0.4, -0.2) is 11.9 Å². The summed E-state index contributed by atoms with van der Waals surface area (Å²) in [5, 5.41) is 5.42. The van der Waals surface area contributed by atoms with Gasteiger partial charge in [0.2, 0.25) is 0 Å². The molecular weight excluding hydrogens is 326 g/mol. The van der Waals surface area contributed by atoms with Crippen LogP contribution in [0.2, 0.25) is 0 Å². The Bertz CT molecular complexity index is 663. The summed E-state index contributed by atoms with van der Waals surface area (Å²) in [5.41, 5.74) is 0.749. The maximum atomic E-state index is 12.4. The van der Waals surface area contributed by atoms with Gasteiger partial charge < -0.3 is 5.32 Å². The number of fused-ring (bicyclic) bond motifs is 1. The zero-order valence-corrected chi connectivity index (χ0v) is 13.8. The lowest BCUT2D eigenvalue weighted by molar-refractivity contribution is 0.0933. The molecular formula is C18H20BrNO. The molecule has 1 saturated carbocycles. The molecule has 1 N–H and O–H groups in total. The summed E-state index contributed by atoms with van der Waals surface area (Å²) in [4.78, 5) is 12.4. The van der Waals surface area contributed by atoms with Crippen LogP contribution in [0, 0.1) is 5.92 Å². The summed E-state index contributed by atoms with van der Waals surface area (Å²) in [5.74, 6) is 0.886. The average molecular weight is 346 g/mol. The standard InChI is InChI=1S/C18H20BrNO/c1-2-17(9-12-3-4-12)20-18(21)15-6-5-14-11-16(19)8-7-13(14)10-15/h5-8,10-12,17H,2-4,9H2,1H3,(H,20,21). The summed E-state index contributed by atoms with van der Waals surface area (Å²) in [7, 11) is 0. The van der Waals surface area contributed by atoms with Crippen LogP contribution in [0.5, 0.6) is 0 Å². The molecule has 1 unspecified atom stereocenters. The zero-order valence-electron chi connectivity index (χ0n) is 12.2. The van der Waals surface area contributed by atoms with Crippen molar-refractivity contribution in [2.75, 3.05) is 0 Å². The van der Waals surface area contributed by atoms with Crippen molar-refractivity contribution < 1.29 is 4.79 Å². The van der Waals surface area contributed by atoms with E-state index in [1.807, 2.05) is 30.3 Å². The fourth-order valence-corrected chi connectivity index (χ4v) is 3.09. The first-order valence-electron chi connectivity index (χ1n) is 7.66. The second kappa shape index (κ2) is 6.18. The molecule has 0 heterocycles. The molecule has 110 valence electrons. The van der Waals surface area contributed by atoms with E-state index in [2.05, 4.69) is 34.2 Å². The highest BCUT2D eigenvalue weighted by Crippen LogP contribution is 2.34. The molecule has 3 rings (SSSR count). The number of halogens is 1. The molecule has 0 radical (unpaired) electrons. The van der Waals surface area contributed by atoms with Gasteiger partial charge in [0.25, 0.3) is 5.91 Å². The Labute approximate surface area is 134 Å². The highest BCUT2D eigenvalue weighted by atomic mass is 79.9. The van der Waals surface area contributed by atoms with Crippen LogP contribution in [0.1, 0.15) is 43.0 Å². The van der Waals surface area contributed by atoms with Crippen molar-refractivity contribution in [2.45, 2.75) is 38.6 Å². The van der Waals surface area contributed by atoms with Gasteiger partial charge in [-0.25, -0.2) is 0 Å². The molecule has 2 aromatic carbocycles. The fraction of sp³-hybridized carbons (Fsp3) is 0.389. The largest absolute Gasteiger partial charge is 0.349 e. The van der Waals surface area contributed by atoms with Crippen molar-refractivity contribution in [3.8, 4) is 0 Å². The predicted molar refractivity (Wildman–Crippen MR) is 90.5 cm³/mol. The number of nitrogens with one attached hydrogen (secondary N) is 1. The number of rotatable bonds is 5. The van der Waals surface area contributed by atoms with Gasteiger partial charge in [0, 0.05) is 16.1 Å². The van der Waals surface area contributed by atoms with Gasteiger partial charge in [0.15, 0.2) is 0 Å². The summed E-state index contributed by atoms with van der Waals surface area (Å²) in [6.07, 6.45) is 4.79. The zero-order chi connectivity index (χ0) is 14.8. The van der Waals surface area contributed by atoms with Gasteiger partial charge in [-0.3, -0.25) is 4.79 Å². The Kier molecular flexibility index (Phi) is 4.29. The summed E-state index contributed by atoms with van der Waals surface area (Å²) < 4.78 is 1.06. The third-order valence-electron chi connectivity index (χ3n) is 4.21. The SMILES string of the molecule is CCC(CC1CC1)NC(=O)c1ccc2cc(Br)ccc2c1. The molecule has 0 spiro atoms. The van der Waals surface area contributed by atoms with Gasteiger partial charge >= 0.3 is 0 Å². The van der Waals surface area contributed by atoms with E-state index in [-0.39, 0.29) is 5.91 Å². The molecule has 1 fully saturated rings. The van der Waals surface area contributed by atoms with E-state index >= 15 is 0 Å². The Morgan fingerprint density at radius 2 is 1.95 bits per heavy atom. The van der Waals surface area contributed by atoms with Crippen molar-refractivity contribution in [3.63, 3.8) is 0 Å². The van der Waals surface area contributed by atoms with Crippen LogP contribution >= 0.6 is 15.9 Å². The summed E-state index contributed by atoms with van der Waals surface area (Å²) in [6, 6.07) is 12.3. The molecule has 0 aliphatic heterocycles. The highest BCUT2D eigenvalue weighted by Gasteiger charge is 2.25. The first kappa shape index (κ1) is 14.6. The molecule has 1 aliphatic rings. The van der Waals surface area contributed by atoms with E-state index in [9.17, 15) is 4.79 Å². The molecule has 1 atom stereocenters. The minimum absolute atomic E-state index is 0.0484. The van der Waals surface area contributed by atoms with Gasteiger partial charge in [-0.1, -0.05) is 47.8 Å². The van der Waals surface area contributed by atoms with E-state index in [0.717, 1.165) is 39.6 Å². The molecule has 21 heavy (non-hydrogen) atoms. The minimum atomic E-state index is 0.0484. The first-order chi connectivity index (χ1) is 10.2. The van der Waals surface area contributed by atoms with Crippen LogP contribution in [0.15, 0.2) is 40.9 Å². The second-order valence-corrected chi connectivity index (χ2v) is 6.88. The van der Waals surface area contributed by atoms with E-state index in [0.29, 0.717) is 6.04 Å². The molecule has 0 aromatic heterocycles. The third kappa shape index (κ3) is 3.65. The number of carbonyl (C=O) groups excluding carboxylic acids is 1. The molecule has 2 aromatic rings. The van der Waals surface area contributed by atoms with Gasteiger partial charge in [-0.05, 0) is 53.8 Å². The van der Waals surface area contributed by atoms with Crippen LogP contribution in [0.4, 0.5) is 0 Å². The number of carbonyl (C=O) groups is 1. The number of hydrogen-bond acceptors (Lipinski definition) is 1. The van der Waals surface area contributed by atoms with Crippen molar-refractivity contribution in [2.24, 2.45) is 5.92 Å². The van der Waals surface area contributed by atoms with Gasteiger partial charge in [-0.2, -0.15) is 0 Å². The number of hydrogen-bond donors (Lipinski definition) is 1. The van der Waals surface area contributed by atoms with Crippen molar-refractivity contribution >= 4 is 32.6 Å². The Balaban J connectivity index is 1.75. The number of amides is 1. The van der Waals surface area contributed by atoms with Crippen LogP contribution in [0.3, 0.4) is 0 Å². The Morgan fingerprint density at radius 3 is 2.67 bits per heavy atom. The number of benzene rings is 2. The maximum absolute atomic E-state index is 12.4. The van der Waals surface area contributed by atoms with Crippen LogP contribution in [0.25, 0.3) is 10.8 Å². The van der Waals surface area contributed by atoms with Crippen LogP contribution in [-0.2, 0) is 0 Å². The lowest BCUT2D eigenvalue weighted by atomic mass is 10.0. The molecule has 2 nitrogen and oxygen atoms in total. The quantitative estimate of drug-likeness (QED) is 0.819. The molecule has 3 heteroatoms. The van der Waals surface area contributed by atoms with Gasteiger partial charge in [0.05, 0.1) is 0 Å². The molecule has 1 amide bonds. The molecule has 0 bridgehead atoms. The minimum Gasteiger partial charge on any atom is -0.349 e. The lowest BCUT2D eigenvalue weighted by Gasteiger charge is -2.16. The smallest absolute Gasteiger partial charge is 0.251 e. The summed E-state index contributed by atoms with van der Waals surface area (Å²) in [6.45, 7) is 2.14. The predicted octanol–water partition coefficient (Wildman–Crippen LogP) is 4.91. The van der Waals surface area contributed by atoms with Gasteiger partial charge in [-0.15, -0.1) is 0 Å². The maximum Gasteiger partial charge on any atom is 0.251 e. The summed E-state index contributed by atoms with van der Waals surface area (Å²) >= 11 is 3.47. The average Bonchev–Trinajstić information content (AvgIpc) is 3.29. The third-order valence-corrected chi connectivity index (χ3v) is 4.70. The van der Waals surface area contributed by atoms with Crippen molar-refractivity contribution in [1.29, 1.82) is 0 Å². The van der Waals surface area contributed by atoms with Crippen molar-refractivity contribution in [1.82, 2.24) is 5.32 Å². The van der Waals surface area contributed by atoms with E-state index in [1.54, 1.807) is 0 Å². The highest BCUT2D eigenvalue weighted by molar-refractivity contribution is 9.10. The second-order valence-electron chi connectivity index (χ2n) is 5.96. The van der Waals surface area contributed by atoms with E-state index in [4.69, 9.17) is 0 Å². The van der Waals surface area contributed by atoms with Crippen LogP contribution < -0.4 is 5.32 Å². The van der Waals surface area contributed by atoms with E-state index < -0.39 is 0 Å². The monoisotopic (exact) mass is 345 g/mol. The van der Waals surface area contributed by atoms with Crippen molar-refractivity contribution in [3.05, 3.63) is 46.4 Å². The first-order valence-corrected chi connectivity index (χ1v) is 8.45. The topological polar surface area (TPSA) is 29.1 Å². The Morgan fingerprint density at radius 1 is 1.24 bits per heavy atom. The normalized spacial score (nSPS) is 15.9. The van der Waals surface area contributed by atoms with E-state index in [1.165, 1.54) is 12.8 Å². The molecule has 0 saturated heterocycles.